The van der Waals surface area contributed by atoms with Gasteiger partial charge >= 0.3 is 0 Å². The van der Waals surface area contributed by atoms with E-state index in [9.17, 15) is 5.11 Å². The molecular formula is C55H47N3O2. The van der Waals surface area contributed by atoms with Gasteiger partial charge in [0.25, 0.3) is 0 Å². The summed E-state index contributed by atoms with van der Waals surface area (Å²) in [7, 11) is 0. The van der Waals surface area contributed by atoms with Gasteiger partial charge in [-0.25, -0.2) is 4.98 Å². The van der Waals surface area contributed by atoms with Crippen molar-refractivity contribution in [2.75, 3.05) is 9.80 Å². The minimum Gasteiger partial charge on any atom is -0.457 e. The third-order valence-corrected chi connectivity index (χ3v) is 10.1. The van der Waals surface area contributed by atoms with Crippen molar-refractivity contribution < 1.29 is 9.84 Å². The molecule has 0 saturated heterocycles. The van der Waals surface area contributed by atoms with Crippen LogP contribution in [-0.2, 0) is 0 Å². The molecule has 4 aromatic carbocycles. The topological polar surface area (TPSA) is 48.8 Å². The number of fused-ring (bicyclic) bond motifs is 3. The molecule has 0 saturated carbocycles. The SMILES string of the molecule is C=C\C=C/C(C=C)=C/C=C/N(C1=CC=C(C(=C)c2cccc3c2C(=C)Oc2cc(N(/C=C/C=C\C=C\c4ccccc4)c4ccccc4)ccc2-3)C(O)C1)c1ccccn1. The standard InChI is InChI=1S/C55H47N3O2/c1-5-7-22-43(6-2)26-21-38-58(54-31-17-18-36-56-54)46-32-34-48(52(59)39-46)41(3)49-29-20-30-51-50-35-33-47(40-53(50)60-42(4)55(49)51)57(45-27-15-11-16-28-45)37-19-9-8-12-23-44-24-13-10-14-25-44/h5-38,40,52,59H,1-4,39H2/b9-8-,22-7-,23-12+,37-19+,38-21+,43-26+. The first kappa shape index (κ1) is 40.5. The van der Waals surface area contributed by atoms with Crippen LogP contribution in [0.25, 0.3) is 28.5 Å². The van der Waals surface area contributed by atoms with E-state index >= 15 is 0 Å². The van der Waals surface area contributed by atoms with Crippen LogP contribution in [0.5, 0.6) is 5.75 Å². The minimum absolute atomic E-state index is 0.352. The zero-order valence-corrected chi connectivity index (χ0v) is 33.5. The van der Waals surface area contributed by atoms with Gasteiger partial charge in [0.15, 0.2) is 0 Å². The number of aliphatic hydroxyl groups is 1. The van der Waals surface area contributed by atoms with E-state index < -0.39 is 6.10 Å². The highest BCUT2D eigenvalue weighted by atomic mass is 16.5. The lowest BCUT2D eigenvalue weighted by Gasteiger charge is -2.30. The van der Waals surface area contributed by atoms with Gasteiger partial charge in [0.1, 0.15) is 17.3 Å². The number of nitrogens with zero attached hydrogens (tertiary/aromatic N) is 3. The fraction of sp³-hybridized carbons (Fsp3) is 0.0364. The maximum Gasteiger partial charge on any atom is 0.137 e. The third-order valence-electron chi connectivity index (χ3n) is 10.1. The Balaban J connectivity index is 1.16. The molecule has 5 heteroatoms. The zero-order valence-electron chi connectivity index (χ0n) is 33.5. The Labute approximate surface area is 354 Å². The highest BCUT2D eigenvalue weighted by molar-refractivity contribution is 5.95. The van der Waals surface area contributed by atoms with Crippen LogP contribution in [0.4, 0.5) is 17.2 Å². The third kappa shape index (κ3) is 9.51. The van der Waals surface area contributed by atoms with Gasteiger partial charge in [-0.1, -0.05) is 160 Å². The average Bonchev–Trinajstić information content (AvgIpc) is 3.29. The van der Waals surface area contributed by atoms with Crippen molar-refractivity contribution in [1.29, 1.82) is 0 Å². The molecule has 1 aliphatic heterocycles. The van der Waals surface area contributed by atoms with Gasteiger partial charge in [-0.05, 0) is 88.0 Å². The lowest BCUT2D eigenvalue weighted by atomic mass is 9.84. The van der Waals surface area contributed by atoms with E-state index in [1.54, 1.807) is 18.3 Å². The molecular weight excluding hydrogens is 735 g/mol. The number of aromatic nitrogens is 1. The van der Waals surface area contributed by atoms with Crippen LogP contribution >= 0.6 is 0 Å². The second kappa shape index (κ2) is 19.6. The normalized spacial score (nSPS) is 15.2. The monoisotopic (exact) mass is 781 g/mol. The molecule has 5 aromatic rings. The van der Waals surface area contributed by atoms with E-state index in [1.807, 2.05) is 145 Å². The Kier molecular flexibility index (Phi) is 13.2. The number of benzene rings is 4. The molecule has 1 aliphatic carbocycles. The molecule has 1 aromatic heterocycles. The zero-order chi connectivity index (χ0) is 41.7. The van der Waals surface area contributed by atoms with E-state index in [4.69, 9.17) is 4.74 Å². The molecule has 60 heavy (non-hydrogen) atoms. The summed E-state index contributed by atoms with van der Waals surface area (Å²) in [6.45, 7) is 16.6. The maximum absolute atomic E-state index is 11.7. The van der Waals surface area contributed by atoms with E-state index in [-0.39, 0.29) is 0 Å². The molecule has 1 atom stereocenters. The summed E-state index contributed by atoms with van der Waals surface area (Å²) < 4.78 is 6.53. The second-order valence-electron chi connectivity index (χ2n) is 14.0. The largest absolute Gasteiger partial charge is 0.457 e. The molecule has 0 radical (unpaired) electrons. The molecule has 2 aliphatic rings. The first-order valence-electron chi connectivity index (χ1n) is 19.8. The lowest BCUT2D eigenvalue weighted by Crippen LogP contribution is -2.25. The van der Waals surface area contributed by atoms with Crippen LogP contribution in [0.2, 0.25) is 0 Å². The number of aliphatic hydroxyl groups excluding tert-OH is 1. The van der Waals surface area contributed by atoms with E-state index in [1.165, 1.54) is 0 Å². The number of para-hydroxylation sites is 1. The number of hydrogen-bond acceptors (Lipinski definition) is 5. The highest BCUT2D eigenvalue weighted by Gasteiger charge is 2.29. The fourth-order valence-corrected chi connectivity index (χ4v) is 7.12. The number of pyridine rings is 1. The highest BCUT2D eigenvalue weighted by Crippen LogP contribution is 2.47. The van der Waals surface area contributed by atoms with Crippen molar-refractivity contribution >= 4 is 34.6 Å². The first-order chi connectivity index (χ1) is 29.4. The molecule has 0 bridgehead atoms. The maximum atomic E-state index is 11.7. The van der Waals surface area contributed by atoms with Crippen molar-refractivity contribution in [2.45, 2.75) is 12.5 Å². The molecule has 294 valence electrons. The van der Waals surface area contributed by atoms with Crippen molar-refractivity contribution in [1.82, 2.24) is 4.98 Å². The number of ether oxygens (including phenoxy) is 1. The first-order valence-corrected chi connectivity index (χ1v) is 19.8. The van der Waals surface area contributed by atoms with Crippen LogP contribution in [0, 0.1) is 0 Å². The van der Waals surface area contributed by atoms with Crippen LogP contribution in [-0.4, -0.2) is 16.2 Å². The van der Waals surface area contributed by atoms with Crippen molar-refractivity contribution in [3.63, 3.8) is 0 Å². The van der Waals surface area contributed by atoms with Gasteiger partial charge in [-0.2, -0.15) is 0 Å². The van der Waals surface area contributed by atoms with Gasteiger partial charge in [-0.3, -0.25) is 0 Å². The second-order valence-corrected chi connectivity index (χ2v) is 14.0. The summed E-state index contributed by atoms with van der Waals surface area (Å²) in [6.07, 6.45) is 30.6. The summed E-state index contributed by atoms with van der Waals surface area (Å²) in [4.78, 5) is 8.71. The summed E-state index contributed by atoms with van der Waals surface area (Å²) >= 11 is 0. The Hall–Kier alpha value is -7.73. The van der Waals surface area contributed by atoms with Gasteiger partial charge in [0, 0.05) is 59.3 Å². The molecule has 5 nitrogen and oxygen atoms in total. The number of hydrogen-bond donors (Lipinski definition) is 1. The summed E-state index contributed by atoms with van der Waals surface area (Å²) in [5.41, 5.74) is 10.0. The van der Waals surface area contributed by atoms with Crippen molar-refractivity contribution in [3.05, 3.63) is 267 Å². The van der Waals surface area contributed by atoms with Crippen LogP contribution in [0.3, 0.4) is 0 Å². The molecule has 1 N–H and O–H groups in total. The van der Waals surface area contributed by atoms with Crippen molar-refractivity contribution in [2.24, 2.45) is 0 Å². The Morgan fingerprint density at radius 3 is 2.25 bits per heavy atom. The molecule has 2 heterocycles. The Morgan fingerprint density at radius 2 is 1.50 bits per heavy atom. The van der Waals surface area contributed by atoms with E-state index in [2.05, 4.69) is 90.8 Å². The number of rotatable bonds is 15. The van der Waals surface area contributed by atoms with Gasteiger partial charge in [0.05, 0.1) is 6.10 Å². The van der Waals surface area contributed by atoms with E-state index in [0.717, 1.165) is 61.9 Å². The van der Waals surface area contributed by atoms with Crippen molar-refractivity contribution in [3.8, 4) is 16.9 Å². The summed E-state index contributed by atoms with van der Waals surface area (Å²) in [6, 6.07) is 38.6. The van der Waals surface area contributed by atoms with Gasteiger partial charge < -0.3 is 19.6 Å². The predicted molar refractivity (Wildman–Crippen MR) is 253 cm³/mol. The quantitative estimate of drug-likeness (QED) is 0.107. The van der Waals surface area contributed by atoms with Gasteiger partial charge in [0.2, 0.25) is 0 Å². The fourth-order valence-electron chi connectivity index (χ4n) is 7.12. The number of allylic oxidation sites excluding steroid dienone is 13. The molecule has 0 fully saturated rings. The molecule has 1 unspecified atom stereocenters. The van der Waals surface area contributed by atoms with Crippen LogP contribution < -0.4 is 14.5 Å². The Morgan fingerprint density at radius 1 is 0.733 bits per heavy atom. The molecule has 0 spiro atoms. The summed E-state index contributed by atoms with van der Waals surface area (Å²) in [5.74, 6) is 1.96. The van der Waals surface area contributed by atoms with E-state index in [0.29, 0.717) is 23.5 Å². The predicted octanol–water partition coefficient (Wildman–Crippen LogP) is 13.5. The molecule has 7 rings (SSSR count). The van der Waals surface area contributed by atoms with Crippen LogP contribution in [0.1, 0.15) is 23.1 Å². The summed E-state index contributed by atoms with van der Waals surface area (Å²) in [5, 5.41) is 11.7. The number of anilines is 3. The Bertz CT molecular complexity index is 2620. The molecule has 0 amide bonds. The average molecular weight is 782 g/mol. The van der Waals surface area contributed by atoms with Crippen LogP contribution in [0.15, 0.2) is 250 Å². The smallest absolute Gasteiger partial charge is 0.137 e. The van der Waals surface area contributed by atoms with Gasteiger partial charge in [-0.15, -0.1) is 0 Å². The minimum atomic E-state index is -0.817. The lowest BCUT2D eigenvalue weighted by molar-refractivity contribution is 0.214.